The van der Waals surface area contributed by atoms with Gasteiger partial charge in [0.15, 0.2) is 0 Å². The summed E-state index contributed by atoms with van der Waals surface area (Å²) >= 11 is 0.887. The lowest BCUT2D eigenvalue weighted by molar-refractivity contribution is -0.384. The van der Waals surface area contributed by atoms with Crippen LogP contribution in [-0.2, 0) is 4.79 Å². The van der Waals surface area contributed by atoms with E-state index in [1.807, 2.05) is 0 Å². The first kappa shape index (κ1) is 14.0. The molecule has 20 heavy (non-hydrogen) atoms. The predicted molar refractivity (Wildman–Crippen MR) is 69.5 cm³/mol. The number of aromatic nitrogens is 2. The van der Waals surface area contributed by atoms with E-state index in [1.165, 1.54) is 12.1 Å². The first-order valence-electron chi connectivity index (χ1n) is 5.41. The van der Waals surface area contributed by atoms with Gasteiger partial charge in [-0.25, -0.2) is 0 Å². The molecule has 8 nitrogen and oxygen atoms in total. The maximum atomic E-state index is 10.7. The Morgan fingerprint density at radius 1 is 1.50 bits per heavy atom. The highest BCUT2D eigenvalue weighted by Gasteiger charge is 2.16. The average molecular weight is 295 g/mol. The predicted octanol–water partition coefficient (Wildman–Crippen LogP) is 2.13. The van der Waals surface area contributed by atoms with Crippen LogP contribution < -0.4 is 0 Å². The Hall–Kier alpha value is -2.42. The van der Waals surface area contributed by atoms with Gasteiger partial charge in [0.05, 0.1) is 4.92 Å². The number of nitro groups is 1. The molecule has 0 amide bonds. The number of thioether (sulfide) groups is 1. The molecule has 0 bridgehead atoms. The number of carboxylic acids is 1. The van der Waals surface area contributed by atoms with Crippen molar-refractivity contribution in [3.63, 3.8) is 0 Å². The molecule has 0 radical (unpaired) electrons. The van der Waals surface area contributed by atoms with E-state index < -0.39 is 10.9 Å². The molecule has 1 aromatic carbocycles. The van der Waals surface area contributed by atoms with Gasteiger partial charge in [0, 0.05) is 17.7 Å². The van der Waals surface area contributed by atoms with Crippen molar-refractivity contribution in [2.45, 2.75) is 12.1 Å². The second kappa shape index (κ2) is 5.70. The summed E-state index contributed by atoms with van der Waals surface area (Å²) in [5, 5.41) is 26.9. The first-order chi connectivity index (χ1) is 9.47. The molecule has 0 spiro atoms. The van der Waals surface area contributed by atoms with Crippen LogP contribution in [0.3, 0.4) is 0 Å². The van der Waals surface area contributed by atoms with E-state index in [0.717, 1.165) is 17.3 Å². The fraction of sp³-hybridized carbons (Fsp3) is 0.182. The Bertz CT molecular complexity index is 670. The fourth-order valence-electron chi connectivity index (χ4n) is 1.45. The van der Waals surface area contributed by atoms with Crippen LogP contribution in [0, 0.1) is 17.0 Å². The van der Waals surface area contributed by atoms with Crippen LogP contribution in [0.2, 0.25) is 0 Å². The zero-order valence-electron chi connectivity index (χ0n) is 10.3. The highest BCUT2D eigenvalue weighted by atomic mass is 32.2. The van der Waals surface area contributed by atoms with Gasteiger partial charge in [-0.3, -0.25) is 14.9 Å². The Kier molecular flexibility index (Phi) is 3.99. The molecule has 0 aliphatic heterocycles. The summed E-state index contributed by atoms with van der Waals surface area (Å²) in [5.74, 6) is -1.07. The quantitative estimate of drug-likeness (QED) is 0.506. The maximum Gasteiger partial charge on any atom is 0.314 e. The van der Waals surface area contributed by atoms with Crippen molar-refractivity contribution in [3.05, 3.63) is 33.9 Å². The van der Waals surface area contributed by atoms with Crippen molar-refractivity contribution in [3.8, 4) is 11.5 Å². The third-order valence-corrected chi connectivity index (χ3v) is 3.19. The summed E-state index contributed by atoms with van der Waals surface area (Å²) in [7, 11) is 0. The summed E-state index contributed by atoms with van der Waals surface area (Å²) in [6, 6.07) is 4.31. The SMILES string of the molecule is Cc1ccc([N+](=O)[O-])cc1-c1nnc(SCC(=O)O)o1. The van der Waals surface area contributed by atoms with E-state index in [2.05, 4.69) is 10.2 Å². The minimum atomic E-state index is -0.999. The van der Waals surface area contributed by atoms with Crippen LogP contribution in [0.5, 0.6) is 0 Å². The number of nitro benzene ring substituents is 1. The molecule has 0 saturated heterocycles. The first-order valence-corrected chi connectivity index (χ1v) is 6.39. The van der Waals surface area contributed by atoms with Gasteiger partial charge >= 0.3 is 5.97 Å². The van der Waals surface area contributed by atoms with Crippen molar-refractivity contribution in [1.29, 1.82) is 0 Å². The van der Waals surface area contributed by atoms with E-state index in [0.29, 0.717) is 5.56 Å². The highest BCUT2D eigenvalue weighted by molar-refractivity contribution is 7.99. The fourth-order valence-corrected chi connectivity index (χ4v) is 1.94. The lowest BCUT2D eigenvalue weighted by Gasteiger charge is -2.00. The Balaban J connectivity index is 2.29. The van der Waals surface area contributed by atoms with Crippen LogP contribution in [0.1, 0.15) is 5.56 Å². The Labute approximate surface area is 117 Å². The molecule has 0 unspecified atom stereocenters. The number of aryl methyl sites for hydroxylation is 1. The molecule has 2 rings (SSSR count). The van der Waals surface area contributed by atoms with Gasteiger partial charge in [0.2, 0.25) is 5.89 Å². The standard InChI is InChI=1S/C11H9N3O5S/c1-6-2-3-7(14(17)18)4-8(6)10-12-13-11(19-10)20-5-9(15)16/h2-4H,5H2,1H3,(H,15,16). The Morgan fingerprint density at radius 2 is 2.25 bits per heavy atom. The van der Waals surface area contributed by atoms with Crippen molar-refractivity contribution >= 4 is 23.4 Å². The largest absolute Gasteiger partial charge is 0.481 e. The number of hydrogen-bond donors (Lipinski definition) is 1. The van der Waals surface area contributed by atoms with Gasteiger partial charge in [-0.05, 0) is 12.5 Å². The summed E-state index contributed by atoms with van der Waals surface area (Å²) in [6.45, 7) is 1.76. The molecule has 2 aromatic rings. The van der Waals surface area contributed by atoms with Crippen molar-refractivity contribution < 1.29 is 19.2 Å². The minimum absolute atomic E-state index is 0.0801. The lowest BCUT2D eigenvalue weighted by Crippen LogP contribution is -1.97. The maximum absolute atomic E-state index is 10.7. The van der Waals surface area contributed by atoms with Gasteiger partial charge in [0.25, 0.3) is 10.9 Å². The number of benzene rings is 1. The number of rotatable bonds is 5. The van der Waals surface area contributed by atoms with Crippen LogP contribution in [-0.4, -0.2) is 31.9 Å². The van der Waals surface area contributed by atoms with Crippen molar-refractivity contribution in [2.75, 3.05) is 5.75 Å². The van der Waals surface area contributed by atoms with Gasteiger partial charge in [-0.15, -0.1) is 10.2 Å². The van der Waals surface area contributed by atoms with Gasteiger partial charge in [0.1, 0.15) is 5.75 Å². The van der Waals surface area contributed by atoms with E-state index in [-0.39, 0.29) is 22.6 Å². The van der Waals surface area contributed by atoms with E-state index in [1.54, 1.807) is 13.0 Å². The normalized spacial score (nSPS) is 10.4. The van der Waals surface area contributed by atoms with Crippen LogP contribution in [0.15, 0.2) is 27.8 Å². The molecule has 1 heterocycles. The monoisotopic (exact) mass is 295 g/mol. The van der Waals surface area contributed by atoms with Crippen LogP contribution in [0.4, 0.5) is 5.69 Å². The number of hydrogen-bond acceptors (Lipinski definition) is 7. The summed E-state index contributed by atoms with van der Waals surface area (Å²) in [5.41, 5.74) is 1.12. The number of nitrogens with zero attached hydrogens (tertiary/aromatic N) is 3. The van der Waals surface area contributed by atoms with Crippen LogP contribution >= 0.6 is 11.8 Å². The Morgan fingerprint density at radius 3 is 2.90 bits per heavy atom. The number of carboxylic acid groups (broad SMARTS) is 1. The molecule has 0 aliphatic rings. The summed E-state index contributed by atoms with van der Waals surface area (Å²) in [4.78, 5) is 20.7. The summed E-state index contributed by atoms with van der Waals surface area (Å²) < 4.78 is 5.29. The molecular weight excluding hydrogens is 286 g/mol. The van der Waals surface area contributed by atoms with E-state index in [9.17, 15) is 14.9 Å². The zero-order chi connectivity index (χ0) is 14.7. The van der Waals surface area contributed by atoms with Gasteiger partial charge in [-0.2, -0.15) is 0 Å². The molecule has 1 aromatic heterocycles. The second-order valence-electron chi connectivity index (χ2n) is 3.81. The number of carbonyl (C=O) groups is 1. The highest BCUT2D eigenvalue weighted by Crippen LogP contribution is 2.28. The smallest absolute Gasteiger partial charge is 0.314 e. The van der Waals surface area contributed by atoms with Gasteiger partial charge < -0.3 is 9.52 Å². The van der Waals surface area contributed by atoms with Crippen molar-refractivity contribution in [2.24, 2.45) is 0 Å². The topological polar surface area (TPSA) is 119 Å². The second-order valence-corrected chi connectivity index (χ2v) is 4.74. The molecular formula is C11H9N3O5S. The number of aliphatic carboxylic acids is 1. The third kappa shape index (κ3) is 3.12. The average Bonchev–Trinajstić information content (AvgIpc) is 2.85. The van der Waals surface area contributed by atoms with E-state index >= 15 is 0 Å². The minimum Gasteiger partial charge on any atom is -0.481 e. The molecule has 0 fully saturated rings. The van der Waals surface area contributed by atoms with Crippen LogP contribution in [0.25, 0.3) is 11.5 Å². The number of non-ortho nitro benzene ring substituents is 1. The molecule has 0 atom stereocenters. The molecule has 9 heteroatoms. The molecule has 0 aliphatic carbocycles. The molecule has 1 N–H and O–H groups in total. The summed E-state index contributed by atoms with van der Waals surface area (Å²) in [6.07, 6.45) is 0. The zero-order valence-corrected chi connectivity index (χ0v) is 11.1. The third-order valence-electron chi connectivity index (χ3n) is 2.39. The molecule has 0 saturated carbocycles. The molecule has 104 valence electrons. The van der Waals surface area contributed by atoms with Crippen molar-refractivity contribution in [1.82, 2.24) is 10.2 Å². The van der Waals surface area contributed by atoms with E-state index in [4.69, 9.17) is 9.52 Å². The van der Waals surface area contributed by atoms with Gasteiger partial charge in [-0.1, -0.05) is 17.8 Å². The lowest BCUT2D eigenvalue weighted by atomic mass is 10.1.